The van der Waals surface area contributed by atoms with Gasteiger partial charge in [-0.3, -0.25) is 19.5 Å². The standard InChI is InChI=1S/C25H15Cl2FN4O3S2/c26-16-4-1-15(18(27)11-16)12-36-25-31-30-24(37-25)32-20(13-2-5-17(28)6-3-13)19(22(34)23(32)35)21(33)14-7-9-29-10-8-14/h1-11,20,33H,12H2. The fraction of sp³-hybridized carbons (Fsp3) is 0.0800. The van der Waals surface area contributed by atoms with Crippen molar-refractivity contribution in [3.63, 3.8) is 0 Å². The molecule has 3 heterocycles. The number of aliphatic hydroxyl groups is 1. The molecule has 7 nitrogen and oxygen atoms in total. The lowest BCUT2D eigenvalue weighted by Gasteiger charge is -2.22. The molecule has 5 rings (SSSR count). The van der Waals surface area contributed by atoms with Crippen LogP contribution in [0.3, 0.4) is 0 Å². The van der Waals surface area contributed by atoms with E-state index in [1.54, 1.807) is 12.1 Å². The summed E-state index contributed by atoms with van der Waals surface area (Å²) in [5.41, 5.74) is 1.44. The van der Waals surface area contributed by atoms with Crippen molar-refractivity contribution < 1.29 is 19.1 Å². The number of Topliss-reactive ketones (excluding diaryl/α,β-unsaturated/α-hetero) is 1. The molecule has 2 aromatic carbocycles. The fourth-order valence-corrected chi connectivity index (χ4v) is 6.22. The fourth-order valence-electron chi connectivity index (χ4n) is 3.79. The Balaban J connectivity index is 1.52. The summed E-state index contributed by atoms with van der Waals surface area (Å²) in [5.74, 6) is -2.13. The Bertz CT molecular complexity index is 1530. The lowest BCUT2D eigenvalue weighted by atomic mass is 9.95. The summed E-state index contributed by atoms with van der Waals surface area (Å²) in [6.07, 6.45) is 2.92. The zero-order valence-electron chi connectivity index (χ0n) is 18.6. The normalized spacial score (nSPS) is 16.9. The van der Waals surface area contributed by atoms with E-state index in [9.17, 15) is 19.1 Å². The van der Waals surface area contributed by atoms with E-state index in [1.807, 2.05) is 6.07 Å². The topological polar surface area (TPSA) is 96.3 Å². The molecule has 0 aliphatic carbocycles. The van der Waals surface area contributed by atoms with E-state index in [4.69, 9.17) is 23.2 Å². The maximum atomic E-state index is 13.7. The number of anilines is 1. The molecule has 0 bridgehead atoms. The summed E-state index contributed by atoms with van der Waals surface area (Å²) in [6, 6.07) is 12.6. The van der Waals surface area contributed by atoms with E-state index in [1.165, 1.54) is 65.5 Å². The predicted molar refractivity (Wildman–Crippen MR) is 141 cm³/mol. The summed E-state index contributed by atoms with van der Waals surface area (Å²) in [5, 5.41) is 20.6. The molecule has 2 aromatic heterocycles. The number of rotatable bonds is 6. The summed E-state index contributed by atoms with van der Waals surface area (Å²) >= 11 is 14.7. The molecule has 1 N–H and O–H groups in total. The van der Waals surface area contributed by atoms with E-state index in [-0.39, 0.29) is 16.5 Å². The molecule has 1 saturated heterocycles. The number of thioether (sulfide) groups is 1. The second-order valence-corrected chi connectivity index (χ2v) is 10.9. The van der Waals surface area contributed by atoms with Crippen molar-refractivity contribution in [2.24, 2.45) is 0 Å². The van der Waals surface area contributed by atoms with Crippen LogP contribution < -0.4 is 4.90 Å². The third kappa shape index (κ3) is 5.10. The molecule has 1 fully saturated rings. The van der Waals surface area contributed by atoms with Crippen LogP contribution in [0.2, 0.25) is 10.0 Å². The van der Waals surface area contributed by atoms with Gasteiger partial charge in [0.25, 0.3) is 5.78 Å². The van der Waals surface area contributed by atoms with Gasteiger partial charge in [0.15, 0.2) is 4.34 Å². The highest BCUT2D eigenvalue weighted by Gasteiger charge is 2.48. The van der Waals surface area contributed by atoms with Crippen LogP contribution in [0, 0.1) is 5.82 Å². The SMILES string of the molecule is O=C1C(=O)N(c2nnc(SCc3ccc(Cl)cc3Cl)s2)C(c2ccc(F)cc2)C1=C(O)c1ccncc1. The molecule has 4 aromatic rings. The first-order valence-electron chi connectivity index (χ1n) is 10.7. The van der Waals surface area contributed by atoms with Crippen LogP contribution in [0.1, 0.15) is 22.7 Å². The van der Waals surface area contributed by atoms with Gasteiger partial charge in [-0.1, -0.05) is 64.5 Å². The van der Waals surface area contributed by atoms with Crippen LogP contribution in [-0.4, -0.2) is 32.0 Å². The quantitative estimate of drug-likeness (QED) is 0.0951. The summed E-state index contributed by atoms with van der Waals surface area (Å²) in [4.78, 5) is 31.5. The molecule has 37 heavy (non-hydrogen) atoms. The van der Waals surface area contributed by atoms with Crippen molar-refractivity contribution in [2.45, 2.75) is 16.1 Å². The number of amides is 1. The Labute approximate surface area is 228 Å². The Morgan fingerprint density at radius 3 is 2.49 bits per heavy atom. The average Bonchev–Trinajstić information content (AvgIpc) is 3.46. The van der Waals surface area contributed by atoms with E-state index >= 15 is 0 Å². The second kappa shape index (κ2) is 10.6. The number of hydrogen-bond donors (Lipinski definition) is 1. The Morgan fingerprint density at radius 2 is 1.78 bits per heavy atom. The number of aliphatic hydroxyl groups excluding tert-OH is 1. The lowest BCUT2D eigenvalue weighted by molar-refractivity contribution is -0.132. The van der Waals surface area contributed by atoms with Crippen LogP contribution in [0.15, 0.2) is 76.9 Å². The maximum Gasteiger partial charge on any atom is 0.301 e. The van der Waals surface area contributed by atoms with Crippen molar-refractivity contribution in [1.82, 2.24) is 15.2 Å². The minimum Gasteiger partial charge on any atom is -0.507 e. The Hall–Kier alpha value is -3.31. The molecule has 12 heteroatoms. The molecule has 0 saturated carbocycles. The smallest absolute Gasteiger partial charge is 0.301 e. The van der Waals surface area contributed by atoms with Gasteiger partial charge in [0, 0.05) is 33.8 Å². The summed E-state index contributed by atoms with van der Waals surface area (Å²) < 4.78 is 14.2. The molecular formula is C25H15Cl2FN4O3S2. The molecule has 1 aliphatic heterocycles. The number of hydrogen-bond acceptors (Lipinski definition) is 8. The van der Waals surface area contributed by atoms with Crippen LogP contribution in [0.25, 0.3) is 5.76 Å². The molecule has 1 unspecified atom stereocenters. The molecule has 1 aliphatic rings. The van der Waals surface area contributed by atoms with Gasteiger partial charge < -0.3 is 5.11 Å². The first kappa shape index (κ1) is 25.3. The number of ketones is 1. The van der Waals surface area contributed by atoms with Gasteiger partial charge in [-0.15, -0.1) is 10.2 Å². The number of aromatic nitrogens is 3. The van der Waals surface area contributed by atoms with Crippen LogP contribution in [-0.2, 0) is 15.3 Å². The number of halogens is 3. The number of nitrogens with zero attached hydrogens (tertiary/aromatic N) is 4. The molecule has 186 valence electrons. The van der Waals surface area contributed by atoms with Gasteiger partial charge in [0.05, 0.1) is 11.6 Å². The van der Waals surface area contributed by atoms with E-state index in [0.717, 1.165) is 16.9 Å². The van der Waals surface area contributed by atoms with E-state index in [2.05, 4.69) is 15.2 Å². The number of carbonyl (C=O) groups is 2. The van der Waals surface area contributed by atoms with Gasteiger partial charge in [-0.25, -0.2) is 4.39 Å². The minimum atomic E-state index is -1.04. The Morgan fingerprint density at radius 1 is 1.05 bits per heavy atom. The monoisotopic (exact) mass is 572 g/mol. The zero-order valence-corrected chi connectivity index (χ0v) is 21.8. The number of benzene rings is 2. The van der Waals surface area contributed by atoms with Crippen LogP contribution in [0.5, 0.6) is 0 Å². The van der Waals surface area contributed by atoms with E-state index in [0.29, 0.717) is 31.3 Å². The first-order chi connectivity index (χ1) is 17.8. The second-order valence-electron chi connectivity index (χ2n) is 7.83. The number of pyridine rings is 1. The molecule has 1 amide bonds. The highest BCUT2D eigenvalue weighted by molar-refractivity contribution is 8.00. The predicted octanol–water partition coefficient (Wildman–Crippen LogP) is 6.30. The third-order valence-electron chi connectivity index (χ3n) is 5.55. The molecule has 1 atom stereocenters. The maximum absolute atomic E-state index is 13.7. The third-order valence-corrected chi connectivity index (χ3v) is 8.24. The van der Waals surface area contributed by atoms with Crippen LogP contribution >= 0.6 is 46.3 Å². The van der Waals surface area contributed by atoms with E-state index < -0.39 is 23.5 Å². The minimum absolute atomic E-state index is 0.139. The van der Waals surface area contributed by atoms with Crippen molar-refractivity contribution in [3.05, 3.63) is 105 Å². The average molecular weight is 573 g/mol. The van der Waals surface area contributed by atoms with Crippen molar-refractivity contribution in [1.29, 1.82) is 0 Å². The van der Waals surface area contributed by atoms with Gasteiger partial charge in [0.1, 0.15) is 11.6 Å². The number of carbonyl (C=O) groups excluding carboxylic acids is 2. The van der Waals surface area contributed by atoms with Gasteiger partial charge in [-0.2, -0.15) is 0 Å². The largest absolute Gasteiger partial charge is 0.507 e. The highest BCUT2D eigenvalue weighted by Crippen LogP contribution is 2.44. The van der Waals surface area contributed by atoms with Gasteiger partial charge >= 0.3 is 5.91 Å². The summed E-state index contributed by atoms with van der Waals surface area (Å²) in [6.45, 7) is 0. The Kier molecular flexibility index (Phi) is 7.25. The lowest BCUT2D eigenvalue weighted by Crippen LogP contribution is -2.29. The molecule has 0 spiro atoms. The van der Waals surface area contributed by atoms with Crippen LogP contribution in [0.4, 0.5) is 9.52 Å². The van der Waals surface area contributed by atoms with Gasteiger partial charge in [-0.05, 0) is 47.5 Å². The van der Waals surface area contributed by atoms with Gasteiger partial charge in [0.2, 0.25) is 5.13 Å². The van der Waals surface area contributed by atoms with Crippen molar-refractivity contribution in [2.75, 3.05) is 4.90 Å². The first-order valence-corrected chi connectivity index (χ1v) is 13.3. The van der Waals surface area contributed by atoms with Crippen molar-refractivity contribution in [3.8, 4) is 0 Å². The highest BCUT2D eigenvalue weighted by atomic mass is 35.5. The molecule has 0 radical (unpaired) electrons. The van der Waals surface area contributed by atoms with Crippen molar-refractivity contribution >= 4 is 68.9 Å². The summed E-state index contributed by atoms with van der Waals surface area (Å²) in [7, 11) is 0. The molecular weight excluding hydrogens is 558 g/mol. The zero-order chi connectivity index (χ0) is 26.1.